The fourth-order valence-electron chi connectivity index (χ4n) is 2.73. The van der Waals surface area contributed by atoms with Crippen LogP contribution in [0.15, 0.2) is 72.9 Å². The minimum absolute atomic E-state index is 0.202. The number of hydrogen-bond acceptors (Lipinski definition) is 4. The van der Waals surface area contributed by atoms with Crippen molar-refractivity contribution < 1.29 is 5.11 Å². The van der Waals surface area contributed by atoms with Gasteiger partial charge in [0.15, 0.2) is 0 Å². The van der Waals surface area contributed by atoms with Gasteiger partial charge in [-0.1, -0.05) is 41.9 Å². The van der Waals surface area contributed by atoms with Gasteiger partial charge in [-0.15, -0.1) is 0 Å². The summed E-state index contributed by atoms with van der Waals surface area (Å²) in [7, 11) is 0. The van der Waals surface area contributed by atoms with E-state index in [0.29, 0.717) is 22.2 Å². The third-order valence-electron chi connectivity index (χ3n) is 3.92. The summed E-state index contributed by atoms with van der Waals surface area (Å²) >= 11 is 6.24. The second kappa shape index (κ2) is 6.42. The predicted octanol–water partition coefficient (Wildman–Crippen LogP) is 5.40. The van der Waals surface area contributed by atoms with Crippen molar-refractivity contribution in [3.05, 3.63) is 77.9 Å². The van der Waals surface area contributed by atoms with Crippen molar-refractivity contribution >= 4 is 34.1 Å². The van der Waals surface area contributed by atoms with Crippen LogP contribution < -0.4 is 5.32 Å². The lowest BCUT2D eigenvalue weighted by Gasteiger charge is -2.12. The molecule has 5 heteroatoms. The van der Waals surface area contributed by atoms with Gasteiger partial charge in [0.25, 0.3) is 0 Å². The van der Waals surface area contributed by atoms with E-state index < -0.39 is 0 Å². The lowest BCUT2D eigenvalue weighted by molar-refractivity contribution is 0.477. The Balaban J connectivity index is 1.77. The van der Waals surface area contributed by atoms with E-state index in [-0.39, 0.29) is 5.75 Å². The number of phenolic OH excluding ortho intramolecular Hbond substituents is 1. The molecule has 0 amide bonds. The number of rotatable bonds is 3. The second-order valence-corrected chi connectivity index (χ2v) is 5.96. The molecule has 0 unspecified atom stereocenters. The number of para-hydroxylation sites is 2. The van der Waals surface area contributed by atoms with E-state index >= 15 is 0 Å². The molecule has 0 bridgehead atoms. The minimum atomic E-state index is 0.202. The van der Waals surface area contributed by atoms with Crippen molar-refractivity contribution in [3.8, 4) is 16.9 Å². The molecule has 0 aliphatic heterocycles. The van der Waals surface area contributed by atoms with Gasteiger partial charge in [-0.25, -0.2) is 9.97 Å². The Bertz CT molecular complexity index is 1070. The molecule has 4 nitrogen and oxygen atoms in total. The normalized spacial score (nSPS) is 10.8. The van der Waals surface area contributed by atoms with E-state index in [1.807, 2.05) is 54.6 Å². The van der Waals surface area contributed by atoms with Crippen LogP contribution in [0.2, 0.25) is 5.02 Å². The Labute approximate surface area is 149 Å². The van der Waals surface area contributed by atoms with Gasteiger partial charge < -0.3 is 10.4 Å². The zero-order valence-electron chi connectivity index (χ0n) is 13.1. The SMILES string of the molecule is Oc1ccccc1-c1cccnc1Nc1ccc2cccc(Cl)c2n1. The van der Waals surface area contributed by atoms with Gasteiger partial charge >= 0.3 is 0 Å². The van der Waals surface area contributed by atoms with Crippen LogP contribution >= 0.6 is 11.6 Å². The summed E-state index contributed by atoms with van der Waals surface area (Å²) in [5.41, 5.74) is 2.23. The Kier molecular flexibility index (Phi) is 3.96. The summed E-state index contributed by atoms with van der Waals surface area (Å²) in [5.74, 6) is 1.45. The smallest absolute Gasteiger partial charge is 0.139 e. The van der Waals surface area contributed by atoms with Crippen LogP contribution in [0.5, 0.6) is 5.75 Å². The van der Waals surface area contributed by atoms with Crippen LogP contribution in [-0.4, -0.2) is 15.1 Å². The summed E-state index contributed by atoms with van der Waals surface area (Å²) in [6, 6.07) is 20.4. The summed E-state index contributed by atoms with van der Waals surface area (Å²) in [4.78, 5) is 8.98. The summed E-state index contributed by atoms with van der Waals surface area (Å²) in [5, 5.41) is 14.9. The first-order valence-electron chi connectivity index (χ1n) is 7.78. The van der Waals surface area contributed by atoms with E-state index in [4.69, 9.17) is 11.6 Å². The number of benzene rings is 2. The monoisotopic (exact) mass is 347 g/mol. The first-order valence-corrected chi connectivity index (χ1v) is 8.16. The minimum Gasteiger partial charge on any atom is -0.507 e. The van der Waals surface area contributed by atoms with Crippen LogP contribution in [0.3, 0.4) is 0 Å². The first kappa shape index (κ1) is 15.4. The van der Waals surface area contributed by atoms with Gasteiger partial charge in [0.2, 0.25) is 0 Å². The number of hydrogen-bond donors (Lipinski definition) is 2. The van der Waals surface area contributed by atoms with Gasteiger partial charge in [-0.05, 0) is 36.4 Å². The highest BCUT2D eigenvalue weighted by molar-refractivity contribution is 6.35. The third-order valence-corrected chi connectivity index (χ3v) is 4.22. The van der Waals surface area contributed by atoms with E-state index in [2.05, 4.69) is 15.3 Å². The van der Waals surface area contributed by atoms with Gasteiger partial charge in [-0.2, -0.15) is 0 Å². The van der Waals surface area contributed by atoms with Crippen molar-refractivity contribution in [1.29, 1.82) is 0 Å². The molecular formula is C20H14ClN3O. The molecule has 0 aliphatic rings. The standard InChI is InChI=1S/C20H14ClN3O/c21-16-8-3-5-13-10-11-18(23-19(13)16)24-20-15(7-4-12-22-20)14-6-1-2-9-17(14)25/h1-12,25H,(H,22,23,24). The highest BCUT2D eigenvalue weighted by Crippen LogP contribution is 2.34. The maximum Gasteiger partial charge on any atom is 0.139 e. The van der Waals surface area contributed by atoms with Crippen LogP contribution in [0.25, 0.3) is 22.0 Å². The first-order chi connectivity index (χ1) is 12.2. The average molecular weight is 348 g/mol. The van der Waals surface area contributed by atoms with E-state index in [1.165, 1.54) is 0 Å². The number of nitrogens with zero attached hydrogens (tertiary/aromatic N) is 2. The topological polar surface area (TPSA) is 58.0 Å². The summed E-state index contributed by atoms with van der Waals surface area (Å²) in [6.45, 7) is 0. The highest BCUT2D eigenvalue weighted by Gasteiger charge is 2.11. The molecule has 0 radical (unpaired) electrons. The molecule has 2 heterocycles. The zero-order valence-corrected chi connectivity index (χ0v) is 13.9. The van der Waals surface area contributed by atoms with Crippen molar-refractivity contribution in [2.75, 3.05) is 5.32 Å². The molecule has 4 rings (SSSR count). The molecule has 25 heavy (non-hydrogen) atoms. The molecule has 0 spiro atoms. The molecule has 0 saturated carbocycles. The maximum absolute atomic E-state index is 10.1. The Morgan fingerprint density at radius 1 is 0.840 bits per heavy atom. The quantitative estimate of drug-likeness (QED) is 0.521. The lowest BCUT2D eigenvalue weighted by Crippen LogP contribution is -1.98. The number of pyridine rings is 2. The number of halogens is 1. The molecule has 0 atom stereocenters. The number of nitrogens with one attached hydrogen (secondary N) is 1. The molecule has 2 N–H and O–H groups in total. The largest absolute Gasteiger partial charge is 0.507 e. The highest BCUT2D eigenvalue weighted by atomic mass is 35.5. The number of phenols is 1. The van der Waals surface area contributed by atoms with Crippen molar-refractivity contribution in [3.63, 3.8) is 0 Å². The molecule has 0 saturated heterocycles. The van der Waals surface area contributed by atoms with Crippen LogP contribution in [-0.2, 0) is 0 Å². The molecule has 2 aromatic heterocycles. The summed E-state index contributed by atoms with van der Waals surface area (Å²) < 4.78 is 0. The molecule has 0 aliphatic carbocycles. The molecule has 4 aromatic rings. The van der Waals surface area contributed by atoms with E-state index in [1.54, 1.807) is 18.3 Å². The van der Waals surface area contributed by atoms with Crippen LogP contribution in [0.1, 0.15) is 0 Å². The number of aromatic hydroxyl groups is 1. The van der Waals surface area contributed by atoms with Crippen LogP contribution in [0, 0.1) is 0 Å². The van der Waals surface area contributed by atoms with E-state index in [0.717, 1.165) is 16.5 Å². The van der Waals surface area contributed by atoms with Gasteiger partial charge in [-0.3, -0.25) is 0 Å². The lowest BCUT2D eigenvalue weighted by atomic mass is 10.1. The Morgan fingerprint density at radius 3 is 2.56 bits per heavy atom. The third kappa shape index (κ3) is 2.99. The number of fused-ring (bicyclic) bond motifs is 1. The van der Waals surface area contributed by atoms with Crippen LogP contribution in [0.4, 0.5) is 11.6 Å². The van der Waals surface area contributed by atoms with Crippen molar-refractivity contribution in [2.45, 2.75) is 0 Å². The maximum atomic E-state index is 10.1. The van der Waals surface area contributed by atoms with Crippen molar-refractivity contribution in [1.82, 2.24) is 9.97 Å². The summed E-state index contributed by atoms with van der Waals surface area (Å²) in [6.07, 6.45) is 1.69. The zero-order chi connectivity index (χ0) is 17.2. The Hall–Kier alpha value is -3.11. The molecule has 2 aromatic carbocycles. The van der Waals surface area contributed by atoms with E-state index in [9.17, 15) is 5.11 Å². The fourth-order valence-corrected chi connectivity index (χ4v) is 2.95. The molecule has 0 fully saturated rings. The average Bonchev–Trinajstić information content (AvgIpc) is 2.64. The predicted molar refractivity (Wildman–Crippen MR) is 101 cm³/mol. The number of aromatic nitrogens is 2. The van der Waals surface area contributed by atoms with Gasteiger partial charge in [0.05, 0.1) is 10.5 Å². The fraction of sp³-hybridized carbons (Fsp3) is 0. The molecular weight excluding hydrogens is 334 g/mol. The molecule has 122 valence electrons. The Morgan fingerprint density at radius 2 is 1.68 bits per heavy atom. The van der Waals surface area contributed by atoms with Crippen molar-refractivity contribution in [2.24, 2.45) is 0 Å². The number of anilines is 2. The van der Waals surface area contributed by atoms with Gasteiger partial charge in [0, 0.05) is 22.7 Å². The second-order valence-electron chi connectivity index (χ2n) is 5.55. The van der Waals surface area contributed by atoms with Gasteiger partial charge in [0.1, 0.15) is 17.4 Å².